The van der Waals surface area contributed by atoms with E-state index in [2.05, 4.69) is 0 Å². The van der Waals surface area contributed by atoms with Crippen molar-refractivity contribution in [1.82, 2.24) is 0 Å². The van der Waals surface area contributed by atoms with Gasteiger partial charge in [0, 0.05) is 0 Å². The van der Waals surface area contributed by atoms with E-state index in [-0.39, 0.29) is 155 Å². The monoisotopic (exact) mass is 310 g/mol. The third-order valence-corrected chi connectivity index (χ3v) is 0. The summed E-state index contributed by atoms with van der Waals surface area (Å²) in [5, 5.41) is 0. The quantitative estimate of drug-likeness (QED) is 0.391. The number of hydrogen-bond donors (Lipinski definition) is 0. The van der Waals surface area contributed by atoms with Crippen LogP contribution in [0.25, 0.3) is 0 Å². The Morgan fingerprint density at radius 2 is 0.889 bits per heavy atom. The van der Waals surface area contributed by atoms with Gasteiger partial charge in [-0.1, -0.05) is 0 Å². The molecule has 0 bridgehead atoms. The van der Waals surface area contributed by atoms with E-state index in [1.54, 1.807) is 0 Å². The molecule has 0 rings (SSSR count). The molecule has 9 heteroatoms. The Kier molecular flexibility index (Phi) is 120. The standard InChI is InChI=1S/2Al.3FH.2Li.2Sr.9H/h;;3*1H;;;;;;;;;;;;;/q;+3;;;;2*+1;2*+2;;;;6*-1/p-3. The Morgan fingerprint density at radius 3 is 0.889 bits per heavy atom. The molecule has 0 aliphatic carbocycles. The molecular weight excluding hydrogens is 300 g/mol. The van der Waals surface area contributed by atoms with E-state index < -0.39 is 15.5 Å². The van der Waals surface area contributed by atoms with Crippen LogP contribution >= 0.6 is 0 Å². The summed E-state index contributed by atoms with van der Waals surface area (Å²) in [6, 6.07) is 0. The zero-order chi connectivity index (χ0) is 3.58. The molecule has 0 spiro atoms. The normalized spacial score (nSPS) is 3.00. The minimum absolute atomic E-state index is 0. The molecule has 0 atom stereocenters. The van der Waals surface area contributed by atoms with Crippen LogP contribution in [0.4, 0.5) is 10.6 Å². The van der Waals surface area contributed by atoms with Crippen LogP contribution in [0.2, 0.25) is 0 Å². The smallest absolute Gasteiger partial charge is 1.00 e. The largest absolute Gasteiger partial charge is 2.00 e. The predicted octanol–water partition coefficient (Wildman–Crippen LogP) is -6.38. The van der Waals surface area contributed by atoms with Crippen LogP contribution in [-0.4, -0.2) is 124 Å². The summed E-state index contributed by atoms with van der Waals surface area (Å²) < 4.78 is 29.4. The molecular formula is H9Al2F3Li2Sr2. The molecule has 0 saturated carbocycles. The Labute approximate surface area is 176 Å². The van der Waals surface area contributed by atoms with Gasteiger partial charge in [-0.2, -0.15) is 0 Å². The molecule has 0 aromatic heterocycles. The SMILES string of the molecule is [AlH3].[F][Al]([F])[F].[H-].[H-].[H-].[H-].[H-].[H-].[Li+].[Li+].[Sr+2].[Sr+2]. The second-order valence-corrected chi connectivity index (χ2v) is 0.742. The van der Waals surface area contributed by atoms with Crippen molar-refractivity contribution in [1.29, 1.82) is 0 Å². The van der Waals surface area contributed by atoms with Crippen molar-refractivity contribution in [2.24, 2.45) is 0 Å². The molecule has 0 amide bonds. The molecule has 0 nitrogen and oxygen atoms in total. The summed E-state index contributed by atoms with van der Waals surface area (Å²) >= 11 is -4.64. The van der Waals surface area contributed by atoms with E-state index in [0.29, 0.717) is 0 Å². The maximum Gasteiger partial charge on any atom is 2.00 e. The van der Waals surface area contributed by atoms with Gasteiger partial charge >= 0.3 is 144 Å². The van der Waals surface area contributed by atoms with Crippen LogP contribution in [-0.2, 0) is 0 Å². The Hall–Kier alpha value is 5.01. The van der Waals surface area contributed by atoms with Crippen LogP contribution in [0.15, 0.2) is 0 Å². The van der Waals surface area contributed by atoms with E-state index in [1.807, 2.05) is 0 Å². The molecule has 0 heterocycles. The third-order valence-electron chi connectivity index (χ3n) is 0. The second kappa shape index (κ2) is 29.2. The van der Waals surface area contributed by atoms with E-state index >= 15 is 0 Å². The van der Waals surface area contributed by atoms with Gasteiger partial charge in [-0.25, -0.2) is 0 Å². The maximum absolute atomic E-state index is 9.81. The van der Waals surface area contributed by atoms with Crippen molar-refractivity contribution in [3.63, 3.8) is 0 Å². The minimum atomic E-state index is -4.64. The topological polar surface area (TPSA) is 0 Å². The average Bonchev–Trinajstić information content (AvgIpc) is 0.811. The molecule has 0 radical (unpaired) electrons. The second-order valence-electron chi connectivity index (χ2n) is 0.247. The summed E-state index contributed by atoms with van der Waals surface area (Å²) in [6.07, 6.45) is 0. The number of rotatable bonds is 0. The predicted molar refractivity (Wildman–Crippen MR) is 37.2 cm³/mol. The van der Waals surface area contributed by atoms with Crippen molar-refractivity contribution in [3.8, 4) is 0 Å². The molecule has 0 unspecified atom stereocenters. The number of halogens is 3. The molecule has 0 aromatic rings. The Balaban J connectivity index is -0.000000000818. The van der Waals surface area contributed by atoms with Crippen LogP contribution in [0.1, 0.15) is 8.56 Å². The molecule has 0 aliphatic heterocycles. The van der Waals surface area contributed by atoms with Crippen molar-refractivity contribution in [2.45, 2.75) is 0 Å². The molecule has 9 heavy (non-hydrogen) atoms. The Bertz CT molecular complexity index is 37.1. The summed E-state index contributed by atoms with van der Waals surface area (Å²) in [5.74, 6) is 0. The average molecular weight is 309 g/mol. The Morgan fingerprint density at radius 1 is 0.889 bits per heavy atom. The summed E-state index contributed by atoms with van der Waals surface area (Å²) in [5.41, 5.74) is 0. The third kappa shape index (κ3) is 62.8. The first-order valence-electron chi connectivity index (χ1n) is 0.655. The first-order valence-corrected chi connectivity index (χ1v) is 1.96. The van der Waals surface area contributed by atoms with Crippen LogP contribution in [0.5, 0.6) is 0 Å². The molecule has 0 aliphatic rings. The van der Waals surface area contributed by atoms with Crippen molar-refractivity contribution in [3.05, 3.63) is 0 Å². The van der Waals surface area contributed by atoms with E-state index in [1.165, 1.54) is 0 Å². The zero-order valence-corrected chi connectivity index (χ0v) is 13.2. The van der Waals surface area contributed by atoms with Crippen LogP contribution < -0.4 is 37.7 Å². The van der Waals surface area contributed by atoms with Gasteiger partial charge in [-0.05, 0) is 0 Å². The molecule has 0 aromatic carbocycles. The number of hydrogen-bond acceptors (Lipinski definition) is 0. The van der Waals surface area contributed by atoms with E-state index in [9.17, 15) is 10.6 Å². The summed E-state index contributed by atoms with van der Waals surface area (Å²) in [7, 11) is 0. The maximum atomic E-state index is 9.81. The van der Waals surface area contributed by atoms with Gasteiger partial charge in [-0.15, -0.1) is 0 Å². The van der Waals surface area contributed by atoms with Gasteiger partial charge in [0.05, 0.1) is 0 Å². The van der Waals surface area contributed by atoms with Gasteiger partial charge in [0.1, 0.15) is 0 Å². The van der Waals surface area contributed by atoms with E-state index in [4.69, 9.17) is 0 Å². The molecule has 0 fully saturated rings. The molecule has 0 N–H and O–H groups in total. The van der Waals surface area contributed by atoms with Gasteiger partial charge in [0.2, 0.25) is 0 Å². The summed E-state index contributed by atoms with van der Waals surface area (Å²) in [6.45, 7) is 0. The van der Waals surface area contributed by atoms with E-state index in [0.717, 1.165) is 0 Å². The van der Waals surface area contributed by atoms with Crippen molar-refractivity contribution < 1.29 is 56.9 Å². The van der Waals surface area contributed by atoms with Gasteiger partial charge < -0.3 is 19.1 Å². The van der Waals surface area contributed by atoms with Crippen molar-refractivity contribution in [2.75, 3.05) is 0 Å². The molecule has 0 saturated heterocycles. The van der Waals surface area contributed by atoms with Gasteiger partial charge in [0.15, 0.2) is 17.4 Å². The molecule has 42 valence electrons. The first kappa shape index (κ1) is 37.0. The van der Waals surface area contributed by atoms with Crippen LogP contribution in [0.3, 0.4) is 0 Å². The van der Waals surface area contributed by atoms with Crippen molar-refractivity contribution >= 4 is 124 Å². The minimum Gasteiger partial charge on any atom is -1.00 e. The fraction of sp³-hybridized carbons (Fsp3) is 0. The summed E-state index contributed by atoms with van der Waals surface area (Å²) in [4.78, 5) is 0. The first-order chi connectivity index (χ1) is 1.73. The zero-order valence-electron chi connectivity index (χ0n) is 11.1. The van der Waals surface area contributed by atoms with Gasteiger partial charge in [0.25, 0.3) is 0 Å². The fourth-order valence-corrected chi connectivity index (χ4v) is 0. The van der Waals surface area contributed by atoms with Crippen LogP contribution in [0, 0.1) is 0 Å². The fourth-order valence-electron chi connectivity index (χ4n) is 0. The van der Waals surface area contributed by atoms with Gasteiger partial charge in [-0.3, -0.25) is 0 Å².